The zero-order valence-corrected chi connectivity index (χ0v) is 19.1. The fourth-order valence-electron chi connectivity index (χ4n) is 4.17. The summed E-state index contributed by atoms with van der Waals surface area (Å²) in [6, 6.07) is 15.0. The van der Waals surface area contributed by atoms with Crippen LogP contribution < -0.4 is 10.1 Å². The van der Waals surface area contributed by atoms with Crippen molar-refractivity contribution < 1.29 is 23.1 Å². The first-order chi connectivity index (χ1) is 16.5. The summed E-state index contributed by atoms with van der Waals surface area (Å²) >= 11 is 0. The van der Waals surface area contributed by atoms with E-state index in [0.717, 1.165) is 16.7 Å². The third-order valence-corrected chi connectivity index (χ3v) is 5.81. The topological polar surface area (TPSA) is 71.8 Å². The standard InChI is InChI=1S/C27H27FN2O4/c1-3-13-29-27(32)24-11-10-22(34-24)17-33-21-9-8-18-12-14-30(25(31)4-2)26(23(18)16-21)19-6-5-7-20(28)15-19/h3,5-11,15-16,26H,1,4,12-14,17H2,2H3,(H,29,32)/t26-/m1/s1. The zero-order valence-electron chi connectivity index (χ0n) is 19.1. The van der Waals surface area contributed by atoms with E-state index in [1.165, 1.54) is 12.1 Å². The van der Waals surface area contributed by atoms with Gasteiger partial charge in [0.1, 0.15) is 23.9 Å². The minimum atomic E-state index is -0.390. The van der Waals surface area contributed by atoms with Gasteiger partial charge in [-0.25, -0.2) is 4.39 Å². The summed E-state index contributed by atoms with van der Waals surface area (Å²) in [5.41, 5.74) is 2.74. The van der Waals surface area contributed by atoms with Crippen molar-refractivity contribution in [1.29, 1.82) is 0 Å². The first-order valence-corrected chi connectivity index (χ1v) is 11.3. The van der Waals surface area contributed by atoms with Gasteiger partial charge in [0, 0.05) is 19.5 Å². The van der Waals surface area contributed by atoms with Gasteiger partial charge in [0.05, 0.1) is 6.04 Å². The normalized spacial score (nSPS) is 14.9. The lowest BCUT2D eigenvalue weighted by molar-refractivity contribution is -0.132. The Morgan fingerprint density at radius 2 is 2.09 bits per heavy atom. The molecule has 1 N–H and O–H groups in total. The van der Waals surface area contributed by atoms with Crippen LogP contribution in [0.4, 0.5) is 4.39 Å². The van der Waals surface area contributed by atoms with Crippen molar-refractivity contribution in [3.05, 3.63) is 101 Å². The Morgan fingerprint density at radius 3 is 2.85 bits per heavy atom. The Kier molecular flexibility index (Phi) is 7.11. The van der Waals surface area contributed by atoms with Gasteiger partial charge >= 0.3 is 0 Å². The Hall–Kier alpha value is -3.87. The molecule has 1 aromatic heterocycles. The van der Waals surface area contributed by atoms with Crippen molar-refractivity contribution in [2.45, 2.75) is 32.4 Å². The third kappa shape index (κ3) is 5.03. The zero-order chi connectivity index (χ0) is 24.1. The van der Waals surface area contributed by atoms with Crippen LogP contribution in [0.1, 0.15) is 52.4 Å². The molecule has 2 heterocycles. The second kappa shape index (κ2) is 10.4. The summed E-state index contributed by atoms with van der Waals surface area (Å²) in [6.07, 6.45) is 2.68. The lowest BCUT2D eigenvalue weighted by Gasteiger charge is -2.38. The average molecular weight is 463 g/mol. The quantitative estimate of drug-likeness (QED) is 0.488. The van der Waals surface area contributed by atoms with Crippen LogP contribution >= 0.6 is 0 Å². The second-order valence-corrected chi connectivity index (χ2v) is 8.06. The van der Waals surface area contributed by atoms with Gasteiger partial charge in [-0.15, -0.1) is 6.58 Å². The van der Waals surface area contributed by atoms with Gasteiger partial charge in [0.2, 0.25) is 5.91 Å². The third-order valence-electron chi connectivity index (χ3n) is 5.81. The molecule has 0 saturated carbocycles. The number of hydrogen-bond acceptors (Lipinski definition) is 4. The summed E-state index contributed by atoms with van der Waals surface area (Å²) < 4.78 is 25.6. The number of fused-ring (bicyclic) bond motifs is 1. The smallest absolute Gasteiger partial charge is 0.287 e. The highest BCUT2D eigenvalue weighted by Crippen LogP contribution is 2.37. The number of carbonyl (C=O) groups excluding carboxylic acids is 2. The highest BCUT2D eigenvalue weighted by molar-refractivity contribution is 5.91. The lowest BCUT2D eigenvalue weighted by Crippen LogP contribution is -2.40. The van der Waals surface area contributed by atoms with E-state index in [4.69, 9.17) is 9.15 Å². The van der Waals surface area contributed by atoms with E-state index in [2.05, 4.69) is 11.9 Å². The van der Waals surface area contributed by atoms with Crippen LogP contribution in [0, 0.1) is 5.82 Å². The Balaban J connectivity index is 1.57. The molecule has 34 heavy (non-hydrogen) atoms. The van der Waals surface area contributed by atoms with Crippen LogP contribution in [0.2, 0.25) is 0 Å². The molecule has 2 aromatic carbocycles. The number of furan rings is 1. The molecule has 0 fully saturated rings. The molecule has 0 unspecified atom stereocenters. The van der Waals surface area contributed by atoms with Gasteiger partial charge < -0.3 is 19.4 Å². The van der Waals surface area contributed by atoms with E-state index in [1.807, 2.05) is 36.1 Å². The number of halogens is 1. The molecule has 0 radical (unpaired) electrons. The maximum Gasteiger partial charge on any atom is 0.287 e. The van der Waals surface area contributed by atoms with Crippen LogP contribution in [0.25, 0.3) is 0 Å². The van der Waals surface area contributed by atoms with Gasteiger partial charge in [-0.05, 0) is 59.5 Å². The van der Waals surface area contributed by atoms with Crippen LogP contribution in [0.3, 0.4) is 0 Å². The molecule has 7 heteroatoms. The van der Waals surface area contributed by atoms with Crippen LogP contribution in [0.5, 0.6) is 5.75 Å². The van der Waals surface area contributed by atoms with E-state index < -0.39 is 0 Å². The number of benzene rings is 2. The van der Waals surface area contributed by atoms with Crippen molar-refractivity contribution >= 4 is 11.8 Å². The minimum Gasteiger partial charge on any atom is -0.486 e. The molecular weight excluding hydrogens is 435 g/mol. The van der Waals surface area contributed by atoms with Crippen molar-refractivity contribution in [3.8, 4) is 5.75 Å². The second-order valence-electron chi connectivity index (χ2n) is 8.06. The molecule has 0 aliphatic carbocycles. The van der Waals surface area contributed by atoms with Crippen molar-refractivity contribution in [2.24, 2.45) is 0 Å². The molecule has 3 aromatic rings. The van der Waals surface area contributed by atoms with E-state index >= 15 is 0 Å². The lowest BCUT2D eigenvalue weighted by atomic mass is 9.87. The number of amides is 2. The molecule has 1 aliphatic rings. The maximum atomic E-state index is 14.1. The highest BCUT2D eigenvalue weighted by Gasteiger charge is 2.32. The largest absolute Gasteiger partial charge is 0.486 e. The molecule has 1 atom stereocenters. The first kappa shape index (κ1) is 23.3. The van der Waals surface area contributed by atoms with Crippen LogP contribution in [-0.2, 0) is 17.8 Å². The summed E-state index contributed by atoms with van der Waals surface area (Å²) in [6.45, 7) is 6.46. The SMILES string of the molecule is C=CCNC(=O)c1ccc(COc2ccc3c(c2)[C@@H](c2cccc(F)c2)N(C(=O)CC)CC3)o1. The average Bonchev–Trinajstić information content (AvgIpc) is 3.34. The molecule has 176 valence electrons. The minimum absolute atomic E-state index is 0.0177. The van der Waals surface area contributed by atoms with E-state index in [1.54, 1.807) is 24.3 Å². The molecule has 4 rings (SSSR count). The van der Waals surface area contributed by atoms with E-state index in [9.17, 15) is 14.0 Å². The molecule has 1 aliphatic heterocycles. The fourth-order valence-corrected chi connectivity index (χ4v) is 4.17. The highest BCUT2D eigenvalue weighted by atomic mass is 19.1. The number of carbonyl (C=O) groups is 2. The Morgan fingerprint density at radius 1 is 1.24 bits per heavy atom. The number of nitrogens with one attached hydrogen (secondary N) is 1. The number of nitrogens with zero attached hydrogens (tertiary/aromatic N) is 1. The van der Waals surface area contributed by atoms with Crippen LogP contribution in [-0.4, -0.2) is 29.8 Å². The van der Waals surface area contributed by atoms with Crippen molar-refractivity contribution in [1.82, 2.24) is 10.2 Å². The monoisotopic (exact) mass is 462 g/mol. The van der Waals surface area contributed by atoms with E-state index in [0.29, 0.717) is 37.4 Å². The summed E-state index contributed by atoms with van der Waals surface area (Å²) in [5.74, 6) is 0.658. The number of ether oxygens (including phenoxy) is 1. The molecule has 0 spiro atoms. The first-order valence-electron chi connectivity index (χ1n) is 11.3. The van der Waals surface area contributed by atoms with Crippen molar-refractivity contribution in [3.63, 3.8) is 0 Å². The van der Waals surface area contributed by atoms with Gasteiger partial charge in [-0.2, -0.15) is 0 Å². The number of hydrogen-bond donors (Lipinski definition) is 1. The summed E-state index contributed by atoms with van der Waals surface area (Å²) in [5, 5.41) is 2.66. The van der Waals surface area contributed by atoms with Gasteiger partial charge in [-0.1, -0.05) is 31.2 Å². The Bertz CT molecular complexity index is 1200. The summed E-state index contributed by atoms with van der Waals surface area (Å²) in [7, 11) is 0. The number of rotatable bonds is 8. The molecule has 0 saturated heterocycles. The predicted octanol–water partition coefficient (Wildman–Crippen LogP) is 4.80. The fraction of sp³-hybridized carbons (Fsp3) is 0.259. The molecule has 2 amide bonds. The molecule has 6 nitrogen and oxygen atoms in total. The summed E-state index contributed by atoms with van der Waals surface area (Å²) in [4.78, 5) is 26.5. The van der Waals surface area contributed by atoms with Crippen LogP contribution in [0.15, 0.2) is 71.7 Å². The predicted molar refractivity (Wildman–Crippen MR) is 126 cm³/mol. The molecular formula is C27H27FN2O4. The van der Waals surface area contributed by atoms with Gasteiger partial charge in [0.15, 0.2) is 5.76 Å². The Labute approximate surface area is 198 Å². The van der Waals surface area contributed by atoms with Gasteiger partial charge in [-0.3, -0.25) is 9.59 Å². The maximum absolute atomic E-state index is 14.1. The van der Waals surface area contributed by atoms with E-state index in [-0.39, 0.29) is 36.0 Å². The van der Waals surface area contributed by atoms with Gasteiger partial charge in [0.25, 0.3) is 5.91 Å². The molecule has 0 bridgehead atoms. The van der Waals surface area contributed by atoms with Crippen molar-refractivity contribution in [2.75, 3.05) is 13.1 Å².